The zero-order valence-electron chi connectivity index (χ0n) is 13.4. The molecule has 2 rings (SSSR count). The van der Waals surface area contributed by atoms with E-state index in [0.717, 1.165) is 0 Å². The van der Waals surface area contributed by atoms with Gasteiger partial charge in [0.15, 0.2) is 0 Å². The van der Waals surface area contributed by atoms with Crippen LogP contribution < -0.4 is 14.8 Å². The number of benzene rings is 2. The molecule has 6 nitrogen and oxygen atoms in total. The van der Waals surface area contributed by atoms with E-state index in [1.807, 2.05) is 0 Å². The van der Waals surface area contributed by atoms with Gasteiger partial charge in [0.25, 0.3) is 5.91 Å². The molecule has 0 aromatic heterocycles. The lowest BCUT2D eigenvalue weighted by molar-refractivity contribution is 0.0602. The van der Waals surface area contributed by atoms with Gasteiger partial charge < -0.3 is 19.5 Å². The number of para-hydroxylation sites is 1. The fourth-order valence-corrected chi connectivity index (χ4v) is 2.63. The van der Waals surface area contributed by atoms with Crippen LogP contribution in [0.1, 0.15) is 20.7 Å². The number of anilines is 1. The van der Waals surface area contributed by atoms with Crippen molar-refractivity contribution in [2.75, 3.05) is 26.6 Å². The molecule has 0 aliphatic heterocycles. The Balaban J connectivity index is 2.36. The number of carbonyl (C=O) groups is 2. The molecule has 0 saturated heterocycles. The van der Waals surface area contributed by atoms with Crippen molar-refractivity contribution in [2.45, 2.75) is 0 Å². The third-order valence-corrected chi connectivity index (χ3v) is 4.07. The van der Waals surface area contributed by atoms with Crippen LogP contribution in [0, 0.1) is 0 Å². The zero-order chi connectivity index (χ0) is 17.7. The van der Waals surface area contributed by atoms with E-state index in [0.29, 0.717) is 27.2 Å². The molecule has 1 N–H and O–H groups in total. The van der Waals surface area contributed by atoms with Crippen LogP contribution in [0.4, 0.5) is 5.69 Å². The van der Waals surface area contributed by atoms with Crippen LogP contribution in [0.25, 0.3) is 0 Å². The van der Waals surface area contributed by atoms with Gasteiger partial charge in [0.1, 0.15) is 16.0 Å². The number of nitrogens with one attached hydrogen (secondary N) is 1. The van der Waals surface area contributed by atoms with Crippen molar-refractivity contribution in [1.82, 2.24) is 0 Å². The number of hydrogen-bond acceptors (Lipinski definition) is 5. The number of methoxy groups -OCH3 is 3. The first-order valence-electron chi connectivity index (χ1n) is 6.92. The van der Waals surface area contributed by atoms with E-state index in [1.165, 1.54) is 21.3 Å². The molecule has 2 aromatic carbocycles. The van der Waals surface area contributed by atoms with Crippen LogP contribution in [-0.4, -0.2) is 33.2 Å². The van der Waals surface area contributed by atoms with Gasteiger partial charge in [0.2, 0.25) is 0 Å². The molecule has 126 valence electrons. The van der Waals surface area contributed by atoms with E-state index in [2.05, 4.69) is 21.2 Å². The average Bonchev–Trinajstić information content (AvgIpc) is 2.61. The minimum Gasteiger partial charge on any atom is -0.495 e. The number of esters is 1. The fraction of sp³-hybridized carbons (Fsp3) is 0.176. The van der Waals surface area contributed by atoms with Gasteiger partial charge in [-0.1, -0.05) is 12.1 Å². The van der Waals surface area contributed by atoms with E-state index < -0.39 is 11.9 Å². The summed E-state index contributed by atoms with van der Waals surface area (Å²) in [4.78, 5) is 24.3. The summed E-state index contributed by atoms with van der Waals surface area (Å²) in [6.45, 7) is 0. The molecular weight excluding hydrogens is 378 g/mol. The van der Waals surface area contributed by atoms with Crippen molar-refractivity contribution in [3.05, 3.63) is 52.0 Å². The molecule has 1 amide bonds. The number of carbonyl (C=O) groups excluding carboxylic acids is 2. The second-order valence-electron chi connectivity index (χ2n) is 4.69. The highest BCUT2D eigenvalue weighted by molar-refractivity contribution is 9.10. The first-order valence-corrected chi connectivity index (χ1v) is 7.71. The molecule has 0 radical (unpaired) electrons. The van der Waals surface area contributed by atoms with Crippen LogP contribution in [0.2, 0.25) is 0 Å². The van der Waals surface area contributed by atoms with Gasteiger partial charge in [0.05, 0.1) is 32.6 Å². The Hall–Kier alpha value is -2.54. The van der Waals surface area contributed by atoms with Crippen molar-refractivity contribution in [1.29, 1.82) is 0 Å². The molecule has 0 bridgehead atoms. The Morgan fingerprint density at radius 2 is 1.58 bits per heavy atom. The number of hydrogen-bond donors (Lipinski definition) is 1. The maximum absolute atomic E-state index is 12.5. The summed E-state index contributed by atoms with van der Waals surface area (Å²) in [5.41, 5.74) is 0.950. The minimum absolute atomic E-state index is 0.268. The van der Waals surface area contributed by atoms with Crippen molar-refractivity contribution in [3.8, 4) is 11.5 Å². The molecule has 0 saturated carbocycles. The summed E-state index contributed by atoms with van der Waals surface area (Å²) in [5, 5.41) is 2.70. The van der Waals surface area contributed by atoms with Crippen molar-refractivity contribution >= 4 is 33.5 Å². The molecule has 0 atom stereocenters. The van der Waals surface area contributed by atoms with Crippen LogP contribution in [0.15, 0.2) is 40.9 Å². The Labute approximate surface area is 147 Å². The summed E-state index contributed by atoms with van der Waals surface area (Å²) in [6, 6.07) is 9.74. The summed E-state index contributed by atoms with van der Waals surface area (Å²) in [7, 11) is 4.27. The number of amides is 1. The Bertz CT molecular complexity index is 750. The number of ether oxygens (including phenoxy) is 3. The van der Waals surface area contributed by atoms with Crippen LogP contribution >= 0.6 is 15.9 Å². The maximum Gasteiger partial charge on any atom is 0.339 e. The third kappa shape index (κ3) is 3.68. The van der Waals surface area contributed by atoms with Crippen LogP contribution in [0.3, 0.4) is 0 Å². The highest BCUT2D eigenvalue weighted by Crippen LogP contribution is 2.35. The highest BCUT2D eigenvalue weighted by Gasteiger charge is 2.17. The summed E-state index contributed by atoms with van der Waals surface area (Å²) < 4.78 is 15.8. The molecule has 0 heterocycles. The molecule has 0 fully saturated rings. The molecule has 2 aromatic rings. The maximum atomic E-state index is 12.5. The van der Waals surface area contributed by atoms with Crippen LogP contribution in [-0.2, 0) is 4.74 Å². The lowest BCUT2D eigenvalue weighted by Crippen LogP contribution is -2.15. The zero-order valence-corrected chi connectivity index (χ0v) is 15.0. The fourth-order valence-electron chi connectivity index (χ4n) is 2.08. The predicted octanol–water partition coefficient (Wildman–Crippen LogP) is 3.51. The Kier molecular flexibility index (Phi) is 5.81. The lowest BCUT2D eigenvalue weighted by Gasteiger charge is -2.13. The molecule has 7 heteroatoms. The molecule has 0 aliphatic carbocycles. The molecule has 0 aliphatic rings. The van der Waals surface area contributed by atoms with Gasteiger partial charge in [-0.3, -0.25) is 4.79 Å². The SMILES string of the molecule is COC(=O)c1ccccc1NC(=O)c1cc(OC)c(Br)c(OC)c1. The van der Waals surface area contributed by atoms with E-state index in [4.69, 9.17) is 14.2 Å². The standard InChI is InChI=1S/C17H16BrNO5/c1-22-13-8-10(9-14(23-2)15(13)18)16(20)19-12-7-5-4-6-11(12)17(21)24-3/h4-9H,1-3H3,(H,19,20). The van der Waals surface area contributed by atoms with E-state index in [1.54, 1.807) is 36.4 Å². The van der Waals surface area contributed by atoms with Gasteiger partial charge in [0, 0.05) is 5.56 Å². The average molecular weight is 394 g/mol. The van der Waals surface area contributed by atoms with Gasteiger partial charge in [-0.15, -0.1) is 0 Å². The topological polar surface area (TPSA) is 73.9 Å². The normalized spacial score (nSPS) is 10.0. The molecule has 24 heavy (non-hydrogen) atoms. The smallest absolute Gasteiger partial charge is 0.339 e. The predicted molar refractivity (Wildman–Crippen MR) is 93.0 cm³/mol. The summed E-state index contributed by atoms with van der Waals surface area (Å²) >= 11 is 3.35. The van der Waals surface area contributed by atoms with E-state index in [-0.39, 0.29) is 5.56 Å². The quantitative estimate of drug-likeness (QED) is 0.786. The highest BCUT2D eigenvalue weighted by atomic mass is 79.9. The summed E-state index contributed by atoms with van der Waals surface area (Å²) in [5.74, 6) is -0.0196. The first-order chi connectivity index (χ1) is 11.5. The monoisotopic (exact) mass is 393 g/mol. The lowest BCUT2D eigenvalue weighted by atomic mass is 10.1. The Morgan fingerprint density at radius 3 is 2.12 bits per heavy atom. The second kappa shape index (κ2) is 7.83. The van der Waals surface area contributed by atoms with Crippen molar-refractivity contribution in [2.24, 2.45) is 0 Å². The van der Waals surface area contributed by atoms with Crippen molar-refractivity contribution < 1.29 is 23.8 Å². The first kappa shape index (κ1) is 17.8. The number of halogens is 1. The molecule has 0 unspecified atom stereocenters. The van der Waals surface area contributed by atoms with Gasteiger partial charge >= 0.3 is 5.97 Å². The third-order valence-electron chi connectivity index (χ3n) is 3.29. The van der Waals surface area contributed by atoms with Gasteiger partial charge in [-0.05, 0) is 40.2 Å². The number of rotatable bonds is 5. The molecular formula is C17H16BrNO5. The van der Waals surface area contributed by atoms with Crippen molar-refractivity contribution in [3.63, 3.8) is 0 Å². The van der Waals surface area contributed by atoms with E-state index >= 15 is 0 Å². The minimum atomic E-state index is -0.531. The van der Waals surface area contributed by atoms with Gasteiger partial charge in [-0.2, -0.15) is 0 Å². The van der Waals surface area contributed by atoms with E-state index in [9.17, 15) is 9.59 Å². The molecule has 0 spiro atoms. The van der Waals surface area contributed by atoms with Gasteiger partial charge in [-0.25, -0.2) is 4.79 Å². The summed E-state index contributed by atoms with van der Waals surface area (Å²) in [6.07, 6.45) is 0. The second-order valence-corrected chi connectivity index (χ2v) is 5.48. The largest absolute Gasteiger partial charge is 0.495 e. The Morgan fingerprint density at radius 1 is 1.00 bits per heavy atom. The van der Waals surface area contributed by atoms with Crippen LogP contribution in [0.5, 0.6) is 11.5 Å².